The van der Waals surface area contributed by atoms with Crippen molar-refractivity contribution >= 4 is 5.91 Å². The molecule has 1 amide bonds. The van der Waals surface area contributed by atoms with E-state index in [0.717, 1.165) is 5.69 Å². The third-order valence-electron chi connectivity index (χ3n) is 2.35. The van der Waals surface area contributed by atoms with Crippen LogP contribution in [0.15, 0.2) is 18.3 Å². The van der Waals surface area contributed by atoms with Gasteiger partial charge in [0, 0.05) is 26.0 Å². The van der Waals surface area contributed by atoms with E-state index in [0.29, 0.717) is 12.3 Å². The molecule has 1 aromatic rings. The minimum absolute atomic E-state index is 0.0831. The molecule has 82 valence electrons. The molecule has 0 atom stereocenters. The second-order valence-electron chi connectivity index (χ2n) is 4.20. The molecular weight excluding hydrogens is 188 g/mol. The van der Waals surface area contributed by atoms with Crippen LogP contribution in [-0.2, 0) is 11.2 Å². The smallest absolute Gasteiger partial charge is 0.228 e. The van der Waals surface area contributed by atoms with Crippen LogP contribution in [0.2, 0.25) is 0 Å². The van der Waals surface area contributed by atoms with Crippen molar-refractivity contribution < 1.29 is 4.79 Å². The molecule has 0 bridgehead atoms. The Hall–Kier alpha value is -1.38. The van der Waals surface area contributed by atoms with Gasteiger partial charge in [-0.1, -0.05) is 19.9 Å². The minimum Gasteiger partial charge on any atom is -0.348 e. The van der Waals surface area contributed by atoms with Crippen LogP contribution < -0.4 is 0 Å². The third-order valence-corrected chi connectivity index (χ3v) is 2.35. The number of carbonyl (C=O) groups excluding carboxylic acids is 1. The Morgan fingerprint density at radius 2 is 2.07 bits per heavy atom. The molecule has 0 saturated heterocycles. The molecule has 0 spiro atoms. The maximum absolute atomic E-state index is 11.4. The first kappa shape index (κ1) is 11.7. The maximum atomic E-state index is 11.4. The van der Waals surface area contributed by atoms with Gasteiger partial charge in [0.25, 0.3) is 0 Å². The van der Waals surface area contributed by atoms with Crippen molar-refractivity contribution in [2.45, 2.75) is 26.2 Å². The minimum atomic E-state index is 0.0831. The summed E-state index contributed by atoms with van der Waals surface area (Å²) < 4.78 is 0. The molecule has 1 rings (SSSR count). The Morgan fingerprint density at radius 1 is 1.40 bits per heavy atom. The summed E-state index contributed by atoms with van der Waals surface area (Å²) in [7, 11) is 3.51. The average molecular weight is 206 g/mol. The Kier molecular flexibility index (Phi) is 3.83. The summed E-state index contributed by atoms with van der Waals surface area (Å²) in [5, 5.41) is 0. The fraction of sp³-hybridized carbons (Fsp3) is 0.500. The van der Waals surface area contributed by atoms with Gasteiger partial charge in [-0.15, -0.1) is 0 Å². The summed E-state index contributed by atoms with van der Waals surface area (Å²) in [5.41, 5.74) is 2.04. The Morgan fingerprint density at radius 3 is 2.47 bits per heavy atom. The SMILES string of the molecule is CC(C)c1ccc(CC(=O)N(C)C)nc1. The molecule has 0 aliphatic carbocycles. The number of likely N-dealkylation sites (N-methyl/N-ethyl adjacent to an activating group) is 1. The van der Waals surface area contributed by atoms with Crippen LogP contribution in [0, 0.1) is 0 Å². The van der Waals surface area contributed by atoms with E-state index in [1.165, 1.54) is 5.56 Å². The van der Waals surface area contributed by atoms with Crippen LogP contribution in [-0.4, -0.2) is 29.9 Å². The molecule has 3 heteroatoms. The fourth-order valence-electron chi connectivity index (χ4n) is 1.20. The van der Waals surface area contributed by atoms with Crippen molar-refractivity contribution in [1.29, 1.82) is 0 Å². The van der Waals surface area contributed by atoms with Crippen LogP contribution in [0.25, 0.3) is 0 Å². The zero-order valence-corrected chi connectivity index (χ0v) is 9.82. The van der Waals surface area contributed by atoms with Crippen molar-refractivity contribution in [3.8, 4) is 0 Å². The lowest BCUT2D eigenvalue weighted by molar-refractivity contribution is -0.128. The summed E-state index contributed by atoms with van der Waals surface area (Å²) in [6.07, 6.45) is 2.23. The second kappa shape index (κ2) is 4.91. The van der Waals surface area contributed by atoms with E-state index >= 15 is 0 Å². The number of carbonyl (C=O) groups is 1. The molecule has 0 fully saturated rings. The fourth-order valence-corrected chi connectivity index (χ4v) is 1.20. The van der Waals surface area contributed by atoms with Gasteiger partial charge in [-0.3, -0.25) is 9.78 Å². The topological polar surface area (TPSA) is 33.2 Å². The first-order valence-electron chi connectivity index (χ1n) is 5.15. The highest BCUT2D eigenvalue weighted by Gasteiger charge is 2.07. The number of hydrogen-bond donors (Lipinski definition) is 0. The van der Waals surface area contributed by atoms with Gasteiger partial charge in [-0.25, -0.2) is 0 Å². The van der Waals surface area contributed by atoms with Gasteiger partial charge < -0.3 is 4.90 Å². The highest BCUT2D eigenvalue weighted by molar-refractivity contribution is 5.77. The van der Waals surface area contributed by atoms with Gasteiger partial charge in [-0.2, -0.15) is 0 Å². The molecule has 1 heterocycles. The summed E-state index contributed by atoms with van der Waals surface area (Å²) >= 11 is 0. The van der Waals surface area contributed by atoms with Crippen molar-refractivity contribution in [2.75, 3.05) is 14.1 Å². The Labute approximate surface area is 91.1 Å². The van der Waals surface area contributed by atoms with E-state index in [2.05, 4.69) is 18.8 Å². The Balaban J connectivity index is 2.69. The summed E-state index contributed by atoms with van der Waals surface area (Å²) in [6.45, 7) is 4.25. The van der Waals surface area contributed by atoms with Gasteiger partial charge >= 0.3 is 0 Å². The predicted octanol–water partition coefficient (Wildman–Crippen LogP) is 1.84. The lowest BCUT2D eigenvalue weighted by Crippen LogP contribution is -2.23. The van der Waals surface area contributed by atoms with Crippen LogP contribution in [0.5, 0.6) is 0 Å². The molecule has 3 nitrogen and oxygen atoms in total. The molecule has 15 heavy (non-hydrogen) atoms. The van der Waals surface area contributed by atoms with Gasteiger partial charge in [0.2, 0.25) is 5.91 Å². The zero-order chi connectivity index (χ0) is 11.4. The standard InChI is InChI=1S/C12H18N2O/c1-9(2)10-5-6-11(13-8-10)7-12(15)14(3)4/h5-6,8-9H,7H2,1-4H3. The summed E-state index contributed by atoms with van der Waals surface area (Å²) in [6, 6.07) is 3.96. The highest BCUT2D eigenvalue weighted by atomic mass is 16.2. The van der Waals surface area contributed by atoms with Gasteiger partial charge in [0.15, 0.2) is 0 Å². The summed E-state index contributed by atoms with van der Waals surface area (Å²) in [5.74, 6) is 0.566. The lowest BCUT2D eigenvalue weighted by Gasteiger charge is -2.10. The number of hydrogen-bond acceptors (Lipinski definition) is 2. The van der Waals surface area contributed by atoms with Crippen molar-refractivity contribution in [3.63, 3.8) is 0 Å². The normalized spacial score (nSPS) is 10.5. The molecule has 0 saturated carbocycles. The van der Waals surface area contributed by atoms with Crippen LogP contribution in [0.1, 0.15) is 31.0 Å². The third kappa shape index (κ3) is 3.35. The highest BCUT2D eigenvalue weighted by Crippen LogP contribution is 2.12. The number of pyridine rings is 1. The van der Waals surface area contributed by atoms with Crippen LogP contribution in [0.3, 0.4) is 0 Å². The van der Waals surface area contributed by atoms with E-state index < -0.39 is 0 Å². The van der Waals surface area contributed by atoms with Crippen LogP contribution in [0.4, 0.5) is 0 Å². The number of rotatable bonds is 3. The molecular formula is C12H18N2O. The van der Waals surface area contributed by atoms with E-state index in [1.807, 2.05) is 18.3 Å². The predicted molar refractivity (Wildman–Crippen MR) is 60.7 cm³/mol. The van der Waals surface area contributed by atoms with E-state index in [9.17, 15) is 4.79 Å². The number of amides is 1. The monoisotopic (exact) mass is 206 g/mol. The first-order valence-corrected chi connectivity index (χ1v) is 5.15. The molecule has 0 aliphatic heterocycles. The van der Waals surface area contributed by atoms with Gasteiger partial charge in [0.1, 0.15) is 0 Å². The molecule has 0 aromatic carbocycles. The van der Waals surface area contributed by atoms with Gasteiger partial charge in [-0.05, 0) is 17.5 Å². The summed E-state index contributed by atoms with van der Waals surface area (Å²) in [4.78, 5) is 17.3. The molecule has 0 radical (unpaired) electrons. The van der Waals surface area contributed by atoms with E-state index in [-0.39, 0.29) is 5.91 Å². The molecule has 0 unspecified atom stereocenters. The van der Waals surface area contributed by atoms with E-state index in [1.54, 1.807) is 19.0 Å². The average Bonchev–Trinajstić information content (AvgIpc) is 2.18. The molecule has 0 aliphatic rings. The maximum Gasteiger partial charge on any atom is 0.228 e. The van der Waals surface area contributed by atoms with Gasteiger partial charge in [0.05, 0.1) is 6.42 Å². The molecule has 1 aromatic heterocycles. The van der Waals surface area contributed by atoms with E-state index in [4.69, 9.17) is 0 Å². The first-order chi connectivity index (χ1) is 7.00. The second-order valence-corrected chi connectivity index (χ2v) is 4.20. The molecule has 0 N–H and O–H groups in total. The Bertz CT molecular complexity index is 328. The van der Waals surface area contributed by atoms with Crippen LogP contribution >= 0.6 is 0 Å². The number of aromatic nitrogens is 1. The quantitative estimate of drug-likeness (QED) is 0.756. The lowest BCUT2D eigenvalue weighted by atomic mass is 10.1. The van der Waals surface area contributed by atoms with Crippen molar-refractivity contribution in [1.82, 2.24) is 9.88 Å². The van der Waals surface area contributed by atoms with Crippen molar-refractivity contribution in [3.05, 3.63) is 29.6 Å². The largest absolute Gasteiger partial charge is 0.348 e. The van der Waals surface area contributed by atoms with Crippen molar-refractivity contribution in [2.24, 2.45) is 0 Å². The number of nitrogens with zero attached hydrogens (tertiary/aromatic N) is 2. The zero-order valence-electron chi connectivity index (χ0n) is 9.82.